The van der Waals surface area contributed by atoms with Crippen molar-refractivity contribution in [2.75, 3.05) is 14.2 Å². The summed E-state index contributed by atoms with van der Waals surface area (Å²) in [7, 11) is 2.79. The molecule has 0 aromatic heterocycles. The molecule has 0 radical (unpaired) electrons. The van der Waals surface area contributed by atoms with Gasteiger partial charge in [0.2, 0.25) is 0 Å². The predicted molar refractivity (Wildman–Crippen MR) is 62.4 cm³/mol. The quantitative estimate of drug-likeness (QED) is 0.553. The number of carbonyl (C=O) groups is 1. The predicted octanol–water partition coefficient (Wildman–Crippen LogP) is 0.128. The standard InChI is InChI=1S/C11H13BF3O3.K/c1-17-8-3-4-9(11(7-8)18-2)10(16)5-6-12(13,14)15;/h3-4,7H,5-6H2,1-2H3;/q-1;+1. The van der Waals surface area contributed by atoms with Crippen molar-refractivity contribution in [1.29, 1.82) is 0 Å². The maximum absolute atomic E-state index is 12.1. The number of ether oxygens (including phenoxy) is 2. The molecule has 0 unspecified atom stereocenters. The second-order valence-electron chi connectivity index (χ2n) is 3.74. The SMILES string of the molecule is COc1ccc(C(=O)CC[B-](F)(F)F)c(OC)c1.[K+]. The Morgan fingerprint density at radius 1 is 1.21 bits per heavy atom. The molecule has 100 valence electrons. The van der Waals surface area contributed by atoms with Gasteiger partial charge in [-0.05, 0) is 18.6 Å². The minimum atomic E-state index is -4.94. The number of Topliss-reactive ketones (excluding diaryl/α,β-unsaturated/α-hetero) is 1. The van der Waals surface area contributed by atoms with Gasteiger partial charge in [0.15, 0.2) is 5.78 Å². The Balaban J connectivity index is 0.00000324. The maximum atomic E-state index is 12.1. The zero-order chi connectivity index (χ0) is 13.8. The summed E-state index contributed by atoms with van der Waals surface area (Å²) < 4.78 is 46.2. The van der Waals surface area contributed by atoms with Crippen LogP contribution >= 0.6 is 0 Å². The van der Waals surface area contributed by atoms with Gasteiger partial charge in [-0.25, -0.2) is 0 Å². The fraction of sp³-hybridized carbons (Fsp3) is 0.364. The Kier molecular flexibility index (Phi) is 8.30. The molecule has 1 aromatic rings. The average Bonchev–Trinajstić information content (AvgIpc) is 2.34. The molecule has 0 aliphatic rings. The van der Waals surface area contributed by atoms with E-state index >= 15 is 0 Å². The Bertz CT molecular complexity index is 438. The van der Waals surface area contributed by atoms with E-state index in [1.54, 1.807) is 0 Å². The molecular formula is C11H13BF3KO3. The molecule has 0 atom stereocenters. The van der Waals surface area contributed by atoms with Gasteiger partial charge in [0.25, 0.3) is 0 Å². The van der Waals surface area contributed by atoms with E-state index in [4.69, 9.17) is 9.47 Å². The van der Waals surface area contributed by atoms with Gasteiger partial charge in [-0.3, -0.25) is 4.79 Å². The van der Waals surface area contributed by atoms with Crippen LogP contribution in [0.2, 0.25) is 6.32 Å². The molecule has 8 heteroatoms. The van der Waals surface area contributed by atoms with Crippen LogP contribution in [0.4, 0.5) is 12.9 Å². The van der Waals surface area contributed by atoms with Gasteiger partial charge >= 0.3 is 58.4 Å². The van der Waals surface area contributed by atoms with Gasteiger partial charge in [0.1, 0.15) is 11.5 Å². The van der Waals surface area contributed by atoms with E-state index in [1.807, 2.05) is 0 Å². The first-order chi connectivity index (χ1) is 8.37. The van der Waals surface area contributed by atoms with Crippen molar-refractivity contribution in [2.45, 2.75) is 12.7 Å². The molecule has 1 rings (SSSR count). The van der Waals surface area contributed by atoms with Crippen LogP contribution in [0.25, 0.3) is 0 Å². The fourth-order valence-corrected chi connectivity index (χ4v) is 1.46. The normalized spacial score (nSPS) is 10.6. The van der Waals surface area contributed by atoms with Crippen molar-refractivity contribution in [3.05, 3.63) is 23.8 Å². The van der Waals surface area contributed by atoms with E-state index < -0.39 is 25.5 Å². The second-order valence-corrected chi connectivity index (χ2v) is 3.74. The number of methoxy groups -OCH3 is 2. The summed E-state index contributed by atoms with van der Waals surface area (Å²) in [4.78, 5) is 11.7. The van der Waals surface area contributed by atoms with Crippen LogP contribution in [-0.2, 0) is 0 Å². The molecule has 0 saturated carbocycles. The van der Waals surface area contributed by atoms with E-state index in [2.05, 4.69) is 0 Å². The third kappa shape index (κ3) is 6.31. The smallest absolute Gasteiger partial charge is 0.497 e. The first kappa shape index (κ1) is 19.0. The van der Waals surface area contributed by atoms with Crippen LogP contribution in [0.1, 0.15) is 16.8 Å². The van der Waals surface area contributed by atoms with Gasteiger partial charge in [0.05, 0.1) is 19.8 Å². The number of hydrogen-bond acceptors (Lipinski definition) is 3. The molecule has 19 heavy (non-hydrogen) atoms. The molecule has 0 saturated heterocycles. The third-order valence-corrected chi connectivity index (χ3v) is 2.41. The number of ketones is 1. The van der Waals surface area contributed by atoms with E-state index in [1.165, 1.54) is 32.4 Å². The van der Waals surface area contributed by atoms with Crippen molar-refractivity contribution in [1.82, 2.24) is 0 Å². The summed E-state index contributed by atoms with van der Waals surface area (Å²) in [6.45, 7) is -4.94. The van der Waals surface area contributed by atoms with Crippen LogP contribution in [0.5, 0.6) is 11.5 Å². The summed E-state index contributed by atoms with van der Waals surface area (Å²) >= 11 is 0. The molecule has 0 fully saturated rings. The van der Waals surface area contributed by atoms with E-state index in [-0.39, 0.29) is 62.7 Å². The van der Waals surface area contributed by atoms with Crippen molar-refractivity contribution in [2.24, 2.45) is 0 Å². The van der Waals surface area contributed by atoms with Crippen LogP contribution in [0.15, 0.2) is 18.2 Å². The average molecular weight is 300 g/mol. The molecule has 0 spiro atoms. The summed E-state index contributed by atoms with van der Waals surface area (Å²) in [5, 5.41) is 0. The Hall–Kier alpha value is -0.0187. The first-order valence-electron chi connectivity index (χ1n) is 5.33. The van der Waals surface area contributed by atoms with E-state index in [0.717, 1.165) is 0 Å². The summed E-state index contributed by atoms with van der Waals surface area (Å²) in [6.07, 6.45) is -1.64. The molecule has 0 heterocycles. The zero-order valence-corrected chi connectivity index (χ0v) is 14.2. The Labute approximate surface area is 152 Å². The summed E-state index contributed by atoms with van der Waals surface area (Å²) in [5.41, 5.74) is 0.137. The third-order valence-electron chi connectivity index (χ3n) is 2.41. The van der Waals surface area contributed by atoms with Crippen molar-refractivity contribution < 1.29 is 78.6 Å². The fourth-order valence-electron chi connectivity index (χ4n) is 1.46. The Morgan fingerprint density at radius 3 is 2.32 bits per heavy atom. The molecule has 0 N–H and O–H groups in total. The van der Waals surface area contributed by atoms with Crippen LogP contribution in [-0.4, -0.2) is 27.0 Å². The van der Waals surface area contributed by atoms with Crippen molar-refractivity contribution in [3.63, 3.8) is 0 Å². The number of benzene rings is 1. The van der Waals surface area contributed by atoms with Gasteiger partial charge in [0, 0.05) is 6.07 Å². The summed E-state index contributed by atoms with van der Waals surface area (Å²) in [5.74, 6) is 0.103. The van der Waals surface area contributed by atoms with Gasteiger partial charge in [-0.15, -0.1) is 0 Å². The van der Waals surface area contributed by atoms with E-state index in [0.29, 0.717) is 5.75 Å². The molecular weight excluding hydrogens is 287 g/mol. The zero-order valence-electron chi connectivity index (χ0n) is 11.1. The molecule has 0 bridgehead atoms. The Morgan fingerprint density at radius 2 is 1.84 bits per heavy atom. The van der Waals surface area contributed by atoms with Gasteiger partial charge in [-0.2, -0.15) is 0 Å². The largest absolute Gasteiger partial charge is 1.00 e. The molecule has 1 aromatic carbocycles. The number of hydrogen-bond donors (Lipinski definition) is 0. The summed E-state index contributed by atoms with van der Waals surface area (Å²) in [6, 6.07) is 4.38. The molecule has 3 nitrogen and oxygen atoms in total. The minimum Gasteiger partial charge on any atom is -0.497 e. The topological polar surface area (TPSA) is 35.5 Å². The number of carbonyl (C=O) groups excluding carboxylic acids is 1. The second kappa shape index (κ2) is 8.31. The van der Waals surface area contributed by atoms with Gasteiger partial charge < -0.3 is 22.4 Å². The van der Waals surface area contributed by atoms with Crippen molar-refractivity contribution in [3.8, 4) is 11.5 Å². The van der Waals surface area contributed by atoms with Gasteiger partial charge in [-0.1, -0.05) is 6.32 Å². The monoisotopic (exact) mass is 300 g/mol. The van der Waals surface area contributed by atoms with Crippen LogP contribution in [0, 0.1) is 0 Å². The van der Waals surface area contributed by atoms with Crippen molar-refractivity contribution >= 4 is 12.8 Å². The molecule has 0 amide bonds. The van der Waals surface area contributed by atoms with E-state index in [9.17, 15) is 17.7 Å². The number of halogens is 3. The number of rotatable bonds is 6. The molecule has 0 aliphatic heterocycles. The van der Waals surface area contributed by atoms with Crippen LogP contribution in [0.3, 0.4) is 0 Å². The maximum Gasteiger partial charge on any atom is 1.00 e. The minimum absolute atomic E-state index is 0. The molecule has 0 aliphatic carbocycles. The van der Waals surface area contributed by atoms with Crippen LogP contribution < -0.4 is 60.9 Å². The first-order valence-corrected chi connectivity index (χ1v) is 5.33.